The van der Waals surface area contributed by atoms with Crippen LogP contribution in [0, 0.1) is 36.2 Å². The van der Waals surface area contributed by atoms with E-state index in [9.17, 15) is 48.5 Å². The highest BCUT2D eigenvalue weighted by molar-refractivity contribution is 8.00. The summed E-state index contributed by atoms with van der Waals surface area (Å²) < 4.78 is 45.1. The molecule has 4 heterocycles. The fraction of sp³-hybridized carbons (Fsp3) is 0.468. The van der Waals surface area contributed by atoms with E-state index in [1.54, 1.807) is 113 Å². The van der Waals surface area contributed by atoms with Crippen molar-refractivity contribution in [1.82, 2.24) is 77.3 Å². The number of thioether (sulfide) groups is 1. The lowest BCUT2D eigenvalue weighted by molar-refractivity contribution is -0.152. The van der Waals surface area contributed by atoms with Gasteiger partial charge in [0.1, 0.15) is 83.9 Å². The van der Waals surface area contributed by atoms with Crippen molar-refractivity contribution in [1.29, 1.82) is 0 Å². The van der Waals surface area contributed by atoms with E-state index in [2.05, 4.69) is 52.8 Å². The third-order valence-corrected chi connectivity index (χ3v) is 24.7. The molecule has 15 amide bonds. The molecule has 3 aliphatic heterocycles. The maximum absolute atomic E-state index is 15.7. The lowest BCUT2D eigenvalue weighted by atomic mass is 9.99. The van der Waals surface area contributed by atoms with Crippen molar-refractivity contribution in [2.24, 2.45) is 23.3 Å². The number of likely N-dealkylation sites (N-methyl/N-ethyl adjacent to an activating group) is 3. The van der Waals surface area contributed by atoms with Gasteiger partial charge in [-0.25, -0.2) is 13.2 Å². The zero-order valence-corrected chi connectivity index (χ0v) is 77.0. The Bertz CT molecular complexity index is 5260. The summed E-state index contributed by atoms with van der Waals surface area (Å²) in [5, 5.41) is 56.4. The molecule has 40 heteroatoms. The van der Waals surface area contributed by atoms with Crippen LogP contribution in [-0.4, -0.2) is 277 Å². The molecule has 3 fully saturated rings. The van der Waals surface area contributed by atoms with Crippen LogP contribution in [0.25, 0.3) is 17.0 Å². The number of nitrogens with two attached hydrogens (primary N) is 2. The number of aromatic amines is 1. The van der Waals surface area contributed by atoms with Crippen LogP contribution in [-0.2, 0) is 102 Å². The Morgan fingerprint density at radius 1 is 0.604 bits per heavy atom. The van der Waals surface area contributed by atoms with Gasteiger partial charge in [0.05, 0.1) is 24.8 Å². The molecule has 3 saturated heterocycles. The molecule has 13 atom stereocenters. The molecule has 5 aromatic carbocycles. The van der Waals surface area contributed by atoms with Crippen LogP contribution in [0.2, 0.25) is 0 Å². The minimum atomic E-state index is -2.03. The van der Waals surface area contributed by atoms with Crippen LogP contribution in [0.4, 0.5) is 13.2 Å². The summed E-state index contributed by atoms with van der Waals surface area (Å²) in [5.41, 5.74) is 13.9. The number of phenolic OH excluding ortho intramolecular Hbond substituents is 1. The number of halogens is 3. The van der Waals surface area contributed by atoms with Gasteiger partial charge in [0.15, 0.2) is 17.5 Å². The van der Waals surface area contributed by atoms with Crippen molar-refractivity contribution < 1.29 is 105 Å². The van der Waals surface area contributed by atoms with Crippen molar-refractivity contribution in [3.8, 4) is 5.75 Å². The van der Waals surface area contributed by atoms with Crippen molar-refractivity contribution in [3.63, 3.8) is 0 Å². The summed E-state index contributed by atoms with van der Waals surface area (Å²) >= 11 is 0.666. The Labute approximate surface area is 777 Å². The molecule has 1 aromatic heterocycles. The van der Waals surface area contributed by atoms with Crippen molar-refractivity contribution in [3.05, 3.63) is 178 Å². The summed E-state index contributed by atoms with van der Waals surface area (Å²) in [7, 11) is 3.62. The fourth-order valence-corrected chi connectivity index (χ4v) is 17.2. The molecule has 0 bridgehead atoms. The molecule has 0 unspecified atom stereocenters. The number of aryl methyl sites for hydroxylation is 1. The van der Waals surface area contributed by atoms with Crippen LogP contribution < -0.4 is 59.3 Å². The maximum Gasteiger partial charge on any atom is 0.305 e. The van der Waals surface area contributed by atoms with Gasteiger partial charge in [-0.3, -0.25) is 76.7 Å². The number of aliphatic hydroxyl groups excluding tert-OH is 1. The van der Waals surface area contributed by atoms with Gasteiger partial charge in [0, 0.05) is 89.2 Å². The highest BCUT2D eigenvalue weighted by Crippen LogP contribution is 2.29. The van der Waals surface area contributed by atoms with Crippen molar-refractivity contribution >= 4 is 123 Å². The molecule has 0 spiro atoms. The van der Waals surface area contributed by atoms with E-state index in [1.165, 1.54) is 70.2 Å². The molecule has 722 valence electrons. The van der Waals surface area contributed by atoms with E-state index in [1.807, 2.05) is 0 Å². The number of primary amides is 1. The zero-order valence-electron chi connectivity index (χ0n) is 76.2. The van der Waals surface area contributed by atoms with Gasteiger partial charge in [-0.15, -0.1) is 11.8 Å². The number of H-pyrrole nitrogens is 1. The Kier molecular flexibility index (Phi) is 38.2. The minimum Gasteiger partial charge on any atom is -0.508 e. The van der Waals surface area contributed by atoms with E-state index >= 15 is 56.7 Å². The van der Waals surface area contributed by atoms with Gasteiger partial charge in [0.2, 0.25) is 82.7 Å². The predicted octanol–water partition coefficient (Wildman–Crippen LogP) is 2.31. The summed E-state index contributed by atoms with van der Waals surface area (Å²) in [4.78, 5) is 246. The lowest BCUT2D eigenvalue weighted by Crippen LogP contribution is -2.61. The maximum atomic E-state index is 15.7. The molecule has 17 N–H and O–H groups in total. The Hall–Kier alpha value is -13.2. The number of aliphatic hydroxyl groups is 1. The molecule has 134 heavy (non-hydrogen) atoms. The number of unbranched alkanes of at least 4 members (excludes halogenated alkanes) is 1. The number of aromatic hydroxyl groups is 1. The number of benzene rings is 5. The first-order valence-electron chi connectivity index (χ1n) is 44.5. The van der Waals surface area contributed by atoms with Gasteiger partial charge in [0.25, 0.3) is 5.91 Å². The summed E-state index contributed by atoms with van der Waals surface area (Å²) in [6, 6.07) is 8.87. The Balaban J connectivity index is 1.14. The first kappa shape index (κ1) is 104. The number of nitrogens with one attached hydrogen (secondary N) is 10. The van der Waals surface area contributed by atoms with Crippen LogP contribution in [0.3, 0.4) is 0 Å². The molecule has 9 rings (SSSR count). The van der Waals surface area contributed by atoms with Crippen LogP contribution in [0.1, 0.15) is 132 Å². The average Bonchev–Trinajstić information content (AvgIpc) is 1.53. The smallest absolute Gasteiger partial charge is 0.305 e. The van der Waals surface area contributed by atoms with E-state index in [4.69, 9.17) is 11.5 Å². The normalized spacial score (nSPS) is 23.9. The third-order valence-electron chi connectivity index (χ3n) is 23.6. The molecule has 0 aliphatic carbocycles. The summed E-state index contributed by atoms with van der Waals surface area (Å²) in [6.45, 7) is 8.65. The number of para-hydroxylation sites is 1. The number of rotatable bonds is 23. The standard InChI is InChI=1S/C94H120F3N17O19S/c1-10-11-24-73-93(132)114-48-60(116)44-75(114)89(128)107-69(45-79(119)120)86(125)109-81(52(4)5)94(133)111(8)74(41-56-28-26-53(6)27-29-56)88(127)103-65(23-17-34-98)91(130)113-35-18-25-72(113)87(126)106-68(43-58-46-100-64-22-16-15-21-61(58)64)85(124)105-67(39-55-30-32-59(115)33-31-55)84(123)104-66(36-51(2)3)83(122)108-71(82(121)101-47-77(99)117)49-134-50-78(118)102-70(40-57-37-62(95)80(97)63(96)38-57)90(129)112(9)76(92(131)110(73)7)42-54-19-13-12-14-20-54/h12-16,19-22,26-33,37-38,41,46,51-52,60,65-73,75-76,81,100,115-116H,10-11,17-18,23-25,34-36,39-40,42-45,47-50,98H2,1-9H3,(H2,99,117)(H,101,121)(H,102,118)(H,103,127)(H,104,123)(H,105,124)(H,106,126)(H,107,128)(H,108,122)(H,109,125)(H,119,120)/b74-41+/t60-,65-,66-,67-,68-,69-,70-,71-,72+,73-,75+,76-,81-/m0/s1. The molecule has 6 aromatic rings. The topological polar surface area (TPSA) is 526 Å². The number of fused-ring (bicyclic) bond motifs is 3. The number of nitrogens with zero attached hydrogens (tertiary/aromatic N) is 5. The lowest BCUT2D eigenvalue weighted by Gasteiger charge is -2.38. The summed E-state index contributed by atoms with van der Waals surface area (Å²) in [5.74, 6) is -24.6. The number of carboxylic acids is 1. The van der Waals surface area contributed by atoms with E-state index < -0.39 is 252 Å². The van der Waals surface area contributed by atoms with Crippen molar-refractivity contribution in [2.45, 2.75) is 210 Å². The number of carbonyl (C=O) groups is 16. The van der Waals surface area contributed by atoms with E-state index in [0.717, 1.165) is 25.2 Å². The molecule has 3 aliphatic rings. The zero-order chi connectivity index (χ0) is 98.1. The second kappa shape index (κ2) is 48.9. The van der Waals surface area contributed by atoms with Gasteiger partial charge in [-0.2, -0.15) is 0 Å². The van der Waals surface area contributed by atoms with Gasteiger partial charge < -0.3 is 104 Å². The Morgan fingerprint density at radius 3 is 1.84 bits per heavy atom. The van der Waals surface area contributed by atoms with Crippen LogP contribution >= 0.6 is 11.8 Å². The molecular weight excluding hydrogens is 1760 g/mol. The number of phenols is 1. The average molecular weight is 1880 g/mol. The number of carbonyl (C=O) groups excluding carboxylic acids is 15. The number of carboxylic acid groups (broad SMARTS) is 1. The second-order valence-corrected chi connectivity index (χ2v) is 35.8. The number of hydrogen-bond donors (Lipinski definition) is 15. The van der Waals surface area contributed by atoms with Gasteiger partial charge >= 0.3 is 5.97 Å². The monoisotopic (exact) mass is 1880 g/mol. The third kappa shape index (κ3) is 28.6. The largest absolute Gasteiger partial charge is 0.508 e. The SMILES string of the molecule is CCCC[C@H]1C(=O)N2C[C@@H](O)C[C@@H]2C(=O)N[C@@H](CC(=O)O)C(=O)N[C@@H](C(C)C)C(=O)N(C)/C(=C/c2ccc(C)cc2)C(=O)N[C@@H](CCCN)C(=O)N2CCC[C@@H]2C(=O)N[C@@H](Cc2c[nH]c3ccccc23)C(=O)N[C@@H](Cc2ccc(O)cc2)C(=O)N[C@@H](CC(C)C)C(=O)N[C@H](C(=O)NCC(N)=O)CSCC(=O)N[C@@H](Cc2cc(F)c(F)c(F)c2)C(=O)N(C)[C@@H](Cc2ccccc2)C(=O)N1C. The molecule has 0 radical (unpaired) electrons. The van der Waals surface area contributed by atoms with Crippen LogP contribution in [0.15, 0.2) is 127 Å². The molecular formula is C94H120F3N17O19S. The fourth-order valence-electron chi connectivity index (χ4n) is 16.3. The molecule has 0 saturated carbocycles. The van der Waals surface area contributed by atoms with Gasteiger partial charge in [-0.1, -0.05) is 138 Å². The van der Waals surface area contributed by atoms with Crippen LogP contribution in [0.5, 0.6) is 5.75 Å². The summed E-state index contributed by atoms with van der Waals surface area (Å²) in [6.07, 6.45) is -1.25. The van der Waals surface area contributed by atoms with Gasteiger partial charge in [-0.05, 0) is 128 Å². The number of hydrogen-bond acceptors (Lipinski definition) is 20. The van der Waals surface area contributed by atoms with E-state index in [0.29, 0.717) is 63.5 Å². The first-order chi connectivity index (χ1) is 63.6. The quantitative estimate of drug-likeness (QED) is 0.0323. The number of aliphatic carboxylic acids is 1. The highest BCUT2D eigenvalue weighted by Gasteiger charge is 2.47. The highest BCUT2D eigenvalue weighted by atomic mass is 32.2. The minimum absolute atomic E-state index is 0.00217. The first-order valence-corrected chi connectivity index (χ1v) is 45.7. The molecule has 36 nitrogen and oxygen atoms in total. The van der Waals surface area contributed by atoms with E-state index in [-0.39, 0.29) is 88.6 Å². The second-order valence-electron chi connectivity index (χ2n) is 34.7. The number of amides is 15. The predicted molar refractivity (Wildman–Crippen MR) is 489 cm³/mol. The Morgan fingerprint density at radius 2 is 1.20 bits per heavy atom. The van der Waals surface area contributed by atoms with Crippen molar-refractivity contribution in [2.75, 3.05) is 58.8 Å². The number of aromatic nitrogens is 1.